The van der Waals surface area contributed by atoms with Crippen LogP contribution in [0.2, 0.25) is 0 Å². The molecule has 1 amide bonds. The highest BCUT2D eigenvalue weighted by Crippen LogP contribution is 2.32. The Balaban J connectivity index is 1.34. The van der Waals surface area contributed by atoms with E-state index in [1.54, 1.807) is 19.6 Å². The smallest absolute Gasteiger partial charge is 0.219 e. The molecule has 39 heavy (non-hydrogen) atoms. The van der Waals surface area contributed by atoms with Gasteiger partial charge in [0.05, 0.1) is 24.6 Å². The molecule has 1 N–H and O–H groups in total. The maximum Gasteiger partial charge on any atom is 0.219 e. The van der Waals surface area contributed by atoms with Crippen LogP contribution in [-0.2, 0) is 16.1 Å². The van der Waals surface area contributed by atoms with Gasteiger partial charge in [0.15, 0.2) is 11.5 Å². The van der Waals surface area contributed by atoms with Crippen molar-refractivity contribution in [1.29, 1.82) is 0 Å². The zero-order chi connectivity index (χ0) is 27.4. The highest BCUT2D eigenvalue weighted by Gasteiger charge is 2.28. The second kappa shape index (κ2) is 12.0. The molecule has 2 aromatic carbocycles. The number of benzene rings is 2. The molecule has 9 nitrogen and oxygen atoms in total. The fourth-order valence-electron chi connectivity index (χ4n) is 5.45. The number of nitrogens with one attached hydrogen (secondary N) is 1. The Hall–Kier alpha value is -3.72. The van der Waals surface area contributed by atoms with Gasteiger partial charge in [-0.15, -0.1) is 0 Å². The Labute approximate surface area is 229 Å². The average molecular weight is 531 g/mol. The Bertz CT molecular complexity index is 1420. The summed E-state index contributed by atoms with van der Waals surface area (Å²) in [6.45, 7) is 10.3. The van der Waals surface area contributed by atoms with Crippen molar-refractivity contribution < 1.29 is 14.3 Å². The van der Waals surface area contributed by atoms with Gasteiger partial charge in [-0.05, 0) is 50.1 Å². The second-order valence-electron chi connectivity index (χ2n) is 10.5. The zero-order valence-electron chi connectivity index (χ0n) is 23.3. The maximum atomic E-state index is 12.6. The van der Waals surface area contributed by atoms with E-state index >= 15 is 0 Å². The average Bonchev–Trinajstić information content (AvgIpc) is 3.61. The topological polar surface area (TPSA) is 96.5 Å². The van der Waals surface area contributed by atoms with E-state index in [1.165, 1.54) is 0 Å². The van der Waals surface area contributed by atoms with E-state index in [0.717, 1.165) is 59.2 Å². The van der Waals surface area contributed by atoms with Gasteiger partial charge in [-0.2, -0.15) is 0 Å². The van der Waals surface area contributed by atoms with Crippen molar-refractivity contribution in [2.45, 2.75) is 71.8 Å². The van der Waals surface area contributed by atoms with Crippen LogP contribution in [0.15, 0.2) is 49.1 Å². The number of nitrogens with zero attached hydrogens (tertiary/aromatic N) is 5. The monoisotopic (exact) mass is 530 g/mol. The molecule has 206 valence electrons. The summed E-state index contributed by atoms with van der Waals surface area (Å²) in [5, 5.41) is 2.14. The molecule has 4 aromatic rings. The van der Waals surface area contributed by atoms with Crippen molar-refractivity contribution in [2.75, 3.05) is 24.6 Å². The Morgan fingerprint density at radius 2 is 1.97 bits per heavy atom. The summed E-state index contributed by atoms with van der Waals surface area (Å²) in [5.74, 6) is 1.77. The minimum absolute atomic E-state index is 0.00927. The lowest BCUT2D eigenvalue weighted by Crippen LogP contribution is -2.37. The van der Waals surface area contributed by atoms with Gasteiger partial charge < -0.3 is 24.3 Å². The normalized spacial score (nSPS) is 16.3. The molecular weight excluding hydrogens is 492 g/mol. The van der Waals surface area contributed by atoms with Gasteiger partial charge in [0.2, 0.25) is 5.91 Å². The molecule has 1 aliphatic heterocycles. The first-order chi connectivity index (χ1) is 18.9. The molecule has 5 rings (SSSR count). The number of ether oxygens (including phenoxy) is 2. The SMILES string of the molecule is CCC(CN(Cc1ccc(OC[C@H]2CCCN2c2ncnc3nc[nH]c23)c2ccccc12)C(C)=O)OC(C)C. The summed E-state index contributed by atoms with van der Waals surface area (Å²) in [6.07, 6.45) is 6.32. The summed E-state index contributed by atoms with van der Waals surface area (Å²) >= 11 is 0. The van der Waals surface area contributed by atoms with Crippen molar-refractivity contribution >= 4 is 33.7 Å². The molecule has 0 radical (unpaired) electrons. The van der Waals surface area contributed by atoms with E-state index in [9.17, 15) is 4.79 Å². The number of carbonyl (C=O) groups is 1. The first kappa shape index (κ1) is 26.9. The Morgan fingerprint density at radius 1 is 1.15 bits per heavy atom. The van der Waals surface area contributed by atoms with E-state index in [2.05, 4.69) is 50.0 Å². The summed E-state index contributed by atoms with van der Waals surface area (Å²) in [6, 6.07) is 12.6. The number of fused-ring (bicyclic) bond motifs is 2. The summed E-state index contributed by atoms with van der Waals surface area (Å²) in [5.41, 5.74) is 2.63. The van der Waals surface area contributed by atoms with Gasteiger partial charge in [0.25, 0.3) is 0 Å². The molecule has 0 spiro atoms. The highest BCUT2D eigenvalue weighted by molar-refractivity contribution is 5.91. The number of aromatic amines is 1. The maximum absolute atomic E-state index is 12.6. The molecule has 1 unspecified atom stereocenters. The van der Waals surface area contributed by atoms with E-state index in [4.69, 9.17) is 9.47 Å². The largest absolute Gasteiger partial charge is 0.491 e. The van der Waals surface area contributed by atoms with Crippen molar-refractivity contribution in [1.82, 2.24) is 24.8 Å². The minimum atomic E-state index is 0.00927. The van der Waals surface area contributed by atoms with E-state index in [0.29, 0.717) is 25.3 Å². The van der Waals surface area contributed by atoms with Crippen LogP contribution in [0, 0.1) is 0 Å². The summed E-state index contributed by atoms with van der Waals surface area (Å²) in [4.78, 5) is 33.0. The van der Waals surface area contributed by atoms with Crippen molar-refractivity contribution in [2.24, 2.45) is 0 Å². The lowest BCUT2D eigenvalue weighted by atomic mass is 10.0. The van der Waals surface area contributed by atoms with Gasteiger partial charge in [0.1, 0.15) is 24.2 Å². The van der Waals surface area contributed by atoms with Crippen LogP contribution >= 0.6 is 0 Å². The Morgan fingerprint density at radius 3 is 2.74 bits per heavy atom. The number of H-pyrrole nitrogens is 1. The molecule has 1 aliphatic rings. The van der Waals surface area contributed by atoms with Gasteiger partial charge in [0, 0.05) is 31.9 Å². The number of aromatic nitrogens is 4. The van der Waals surface area contributed by atoms with Crippen molar-refractivity contribution in [3.63, 3.8) is 0 Å². The predicted molar refractivity (Wildman–Crippen MR) is 153 cm³/mol. The van der Waals surface area contributed by atoms with E-state index in [1.807, 2.05) is 36.9 Å². The molecular formula is C30H38N6O3. The number of hydrogen-bond acceptors (Lipinski definition) is 7. The molecule has 0 bridgehead atoms. The number of hydrogen-bond donors (Lipinski definition) is 1. The van der Waals surface area contributed by atoms with Crippen LogP contribution in [0.4, 0.5) is 5.82 Å². The second-order valence-corrected chi connectivity index (χ2v) is 10.5. The van der Waals surface area contributed by atoms with Crippen LogP contribution in [0.3, 0.4) is 0 Å². The number of rotatable bonds is 11. The van der Waals surface area contributed by atoms with Gasteiger partial charge in [-0.25, -0.2) is 15.0 Å². The first-order valence-corrected chi connectivity index (χ1v) is 13.9. The van der Waals surface area contributed by atoms with Gasteiger partial charge in [-0.1, -0.05) is 37.3 Å². The lowest BCUT2D eigenvalue weighted by Gasteiger charge is -2.28. The standard InChI is InChI=1S/C30H38N6O3/c1-5-24(39-20(2)3)16-35(21(4)37)15-22-12-13-27(26-11-7-6-10-25(22)26)38-17-23-9-8-14-36(23)30-28-29(32-18-31-28)33-19-34-30/h6-7,10-13,18-20,23-24H,5,8-9,14-17H2,1-4H3,(H,31,32,33,34)/t23-,24?/m1/s1. The quantitative estimate of drug-likeness (QED) is 0.288. The van der Waals surface area contributed by atoms with Crippen molar-refractivity contribution in [3.05, 3.63) is 54.6 Å². The highest BCUT2D eigenvalue weighted by atomic mass is 16.5. The fraction of sp³-hybridized carbons (Fsp3) is 0.467. The van der Waals surface area contributed by atoms with Gasteiger partial charge >= 0.3 is 0 Å². The van der Waals surface area contributed by atoms with Crippen LogP contribution < -0.4 is 9.64 Å². The molecule has 0 saturated carbocycles. The van der Waals surface area contributed by atoms with Crippen LogP contribution in [0.5, 0.6) is 5.75 Å². The zero-order valence-corrected chi connectivity index (χ0v) is 23.3. The van der Waals surface area contributed by atoms with Gasteiger partial charge in [-0.3, -0.25) is 4.79 Å². The van der Waals surface area contributed by atoms with Crippen LogP contribution in [0.1, 0.15) is 52.5 Å². The Kier molecular flexibility index (Phi) is 8.26. The molecule has 2 atom stereocenters. The lowest BCUT2D eigenvalue weighted by molar-refractivity contribution is -0.132. The summed E-state index contributed by atoms with van der Waals surface area (Å²) < 4.78 is 12.5. The number of amides is 1. The van der Waals surface area contributed by atoms with Crippen LogP contribution in [0.25, 0.3) is 21.9 Å². The first-order valence-electron chi connectivity index (χ1n) is 13.9. The molecule has 1 fully saturated rings. The third-order valence-corrected chi connectivity index (χ3v) is 7.41. The number of imidazole rings is 1. The molecule has 1 saturated heterocycles. The van der Waals surface area contributed by atoms with Crippen molar-refractivity contribution in [3.8, 4) is 5.75 Å². The minimum Gasteiger partial charge on any atom is -0.491 e. The third kappa shape index (κ3) is 5.98. The summed E-state index contributed by atoms with van der Waals surface area (Å²) in [7, 11) is 0. The van der Waals surface area contributed by atoms with Crippen LogP contribution in [-0.4, -0.2) is 68.7 Å². The molecule has 0 aliphatic carbocycles. The number of anilines is 1. The molecule has 3 heterocycles. The predicted octanol–water partition coefficient (Wildman–Crippen LogP) is 5.11. The molecule has 9 heteroatoms. The van der Waals surface area contributed by atoms with E-state index < -0.39 is 0 Å². The molecule has 2 aromatic heterocycles. The number of carbonyl (C=O) groups excluding carboxylic acids is 1. The van der Waals surface area contributed by atoms with E-state index in [-0.39, 0.29) is 24.2 Å². The fourth-order valence-corrected chi connectivity index (χ4v) is 5.45. The third-order valence-electron chi connectivity index (χ3n) is 7.41.